The van der Waals surface area contributed by atoms with Crippen LogP contribution in [0.1, 0.15) is 30.3 Å². The Labute approximate surface area is 124 Å². The van der Waals surface area contributed by atoms with E-state index in [1.807, 2.05) is 18.2 Å². The van der Waals surface area contributed by atoms with Gasteiger partial charge in [-0.25, -0.2) is 4.98 Å². The van der Waals surface area contributed by atoms with E-state index in [-0.39, 0.29) is 0 Å². The highest BCUT2D eigenvalue weighted by atomic mass is 79.9. The molecule has 0 saturated carbocycles. The van der Waals surface area contributed by atoms with Gasteiger partial charge in [0, 0.05) is 21.5 Å². The van der Waals surface area contributed by atoms with Crippen LogP contribution in [0, 0.1) is 0 Å². The number of nitrogens with zero attached hydrogens (tertiary/aromatic N) is 1. The summed E-state index contributed by atoms with van der Waals surface area (Å²) >= 11 is 11.1. The Balaban J connectivity index is 2.47. The Morgan fingerprint density at radius 1 is 1.44 bits per heavy atom. The van der Waals surface area contributed by atoms with Crippen molar-refractivity contribution in [2.45, 2.75) is 26.3 Å². The van der Waals surface area contributed by atoms with Crippen molar-refractivity contribution < 1.29 is 0 Å². The summed E-state index contributed by atoms with van der Waals surface area (Å²) in [5.74, 6) is 0.393. The molecule has 0 aliphatic carbocycles. The molecule has 2 rings (SSSR count). The number of hydrogen-bond donors (Lipinski definition) is 1. The molecule has 2 aromatic rings. The van der Waals surface area contributed by atoms with Crippen molar-refractivity contribution >= 4 is 38.9 Å². The summed E-state index contributed by atoms with van der Waals surface area (Å²) in [5, 5.41) is 1.70. The second kappa shape index (κ2) is 5.70. The average molecular weight is 346 g/mol. The number of benzene rings is 1. The third kappa shape index (κ3) is 2.77. The molecular formula is C13H14BrClN2S. The molecule has 0 atom stereocenters. The second-order valence-corrected chi connectivity index (χ2v) is 6.66. The number of thiazole rings is 1. The molecule has 0 unspecified atom stereocenters. The van der Waals surface area contributed by atoms with E-state index in [1.165, 1.54) is 0 Å². The highest BCUT2D eigenvalue weighted by molar-refractivity contribution is 9.10. The minimum absolute atomic E-state index is 0.393. The zero-order valence-corrected chi connectivity index (χ0v) is 13.4. The zero-order valence-electron chi connectivity index (χ0n) is 10.2. The van der Waals surface area contributed by atoms with Crippen molar-refractivity contribution in [3.8, 4) is 10.6 Å². The average Bonchev–Trinajstić information content (AvgIpc) is 2.77. The molecule has 1 aromatic heterocycles. The van der Waals surface area contributed by atoms with Gasteiger partial charge in [-0.3, -0.25) is 0 Å². The zero-order chi connectivity index (χ0) is 13.3. The molecule has 1 heterocycles. The quantitative estimate of drug-likeness (QED) is 0.867. The molecule has 0 spiro atoms. The second-order valence-electron chi connectivity index (χ2n) is 4.32. The molecule has 0 fully saturated rings. The summed E-state index contributed by atoms with van der Waals surface area (Å²) in [4.78, 5) is 5.85. The van der Waals surface area contributed by atoms with Gasteiger partial charge in [0.05, 0.1) is 10.7 Å². The summed E-state index contributed by atoms with van der Waals surface area (Å²) in [6.45, 7) is 4.81. The van der Waals surface area contributed by atoms with Gasteiger partial charge < -0.3 is 5.73 Å². The smallest absolute Gasteiger partial charge is 0.123 e. The fraction of sp³-hybridized carbons (Fsp3) is 0.308. The minimum atomic E-state index is 0.393. The van der Waals surface area contributed by atoms with Crippen LogP contribution >= 0.6 is 38.9 Å². The van der Waals surface area contributed by atoms with Gasteiger partial charge in [0.25, 0.3) is 0 Å². The third-order valence-corrected chi connectivity index (χ3v) is 4.98. The van der Waals surface area contributed by atoms with E-state index < -0.39 is 0 Å². The van der Waals surface area contributed by atoms with Gasteiger partial charge in [-0.1, -0.05) is 31.5 Å². The van der Waals surface area contributed by atoms with Crippen molar-refractivity contribution in [1.82, 2.24) is 4.98 Å². The maximum atomic E-state index is 6.00. The van der Waals surface area contributed by atoms with Crippen LogP contribution < -0.4 is 5.73 Å². The van der Waals surface area contributed by atoms with Gasteiger partial charge in [0.15, 0.2) is 0 Å². The van der Waals surface area contributed by atoms with Crippen LogP contribution in [0.3, 0.4) is 0 Å². The number of nitrogens with two attached hydrogens (primary N) is 1. The van der Waals surface area contributed by atoms with Gasteiger partial charge in [-0.15, -0.1) is 11.3 Å². The molecule has 0 saturated heterocycles. The monoisotopic (exact) mass is 344 g/mol. The lowest BCUT2D eigenvalue weighted by Gasteiger charge is -2.02. The highest BCUT2D eigenvalue weighted by Crippen LogP contribution is 2.34. The fourth-order valence-corrected chi connectivity index (χ4v) is 3.30. The first-order chi connectivity index (χ1) is 8.52. The van der Waals surface area contributed by atoms with Crippen LogP contribution in [0.2, 0.25) is 5.02 Å². The van der Waals surface area contributed by atoms with Crippen molar-refractivity contribution in [2.24, 2.45) is 5.73 Å². The molecule has 2 nitrogen and oxygen atoms in total. The van der Waals surface area contributed by atoms with Crippen LogP contribution in [-0.4, -0.2) is 4.98 Å². The third-order valence-electron chi connectivity index (χ3n) is 2.63. The molecule has 96 valence electrons. The van der Waals surface area contributed by atoms with E-state index in [1.54, 1.807) is 11.3 Å². The number of halogens is 2. The highest BCUT2D eigenvalue weighted by Gasteiger charge is 2.14. The number of rotatable bonds is 3. The minimum Gasteiger partial charge on any atom is -0.326 e. The van der Waals surface area contributed by atoms with E-state index in [2.05, 4.69) is 29.8 Å². The summed E-state index contributed by atoms with van der Waals surface area (Å²) in [5.41, 5.74) is 7.94. The topological polar surface area (TPSA) is 38.9 Å². The van der Waals surface area contributed by atoms with Crippen LogP contribution in [0.4, 0.5) is 0 Å². The van der Waals surface area contributed by atoms with Crippen molar-refractivity contribution in [3.63, 3.8) is 0 Å². The van der Waals surface area contributed by atoms with Gasteiger partial charge in [0.2, 0.25) is 0 Å². The lowest BCUT2D eigenvalue weighted by atomic mass is 10.1. The first kappa shape index (κ1) is 14.0. The summed E-state index contributed by atoms with van der Waals surface area (Å²) in [7, 11) is 0. The Kier molecular flexibility index (Phi) is 4.43. The Morgan fingerprint density at radius 3 is 2.67 bits per heavy atom. The predicted octanol–water partition coefficient (Wildman–Crippen LogP) is 4.81. The largest absolute Gasteiger partial charge is 0.326 e. The Bertz CT molecular complexity index is 566. The lowest BCUT2D eigenvalue weighted by Crippen LogP contribution is -1.99. The van der Waals surface area contributed by atoms with Gasteiger partial charge >= 0.3 is 0 Å². The summed E-state index contributed by atoms with van der Waals surface area (Å²) in [6.07, 6.45) is 0. The van der Waals surface area contributed by atoms with Crippen molar-refractivity contribution in [3.05, 3.63) is 38.3 Å². The molecule has 0 aliphatic rings. The van der Waals surface area contributed by atoms with Crippen LogP contribution in [0.5, 0.6) is 0 Å². The Hall–Kier alpha value is -0.420. The number of aromatic nitrogens is 1. The fourth-order valence-electron chi connectivity index (χ4n) is 1.71. The first-order valence-electron chi connectivity index (χ1n) is 5.68. The standard InChI is InChI=1S/C13H14BrClN2S/c1-7(2)12-11(6-16)18-13(17-12)8-3-4-10(15)9(14)5-8/h3-5,7H,6,16H2,1-2H3. The van der Waals surface area contributed by atoms with Crippen LogP contribution in [-0.2, 0) is 6.54 Å². The van der Waals surface area contributed by atoms with Crippen LogP contribution in [0.15, 0.2) is 22.7 Å². The van der Waals surface area contributed by atoms with Gasteiger partial charge in [0.1, 0.15) is 5.01 Å². The molecule has 0 bridgehead atoms. The van der Waals surface area contributed by atoms with Crippen molar-refractivity contribution in [2.75, 3.05) is 0 Å². The Morgan fingerprint density at radius 2 is 2.17 bits per heavy atom. The predicted molar refractivity (Wildman–Crippen MR) is 82.2 cm³/mol. The molecule has 0 aliphatic heterocycles. The molecule has 2 N–H and O–H groups in total. The van der Waals surface area contributed by atoms with Gasteiger partial charge in [-0.05, 0) is 34.0 Å². The van der Waals surface area contributed by atoms with E-state index in [0.717, 1.165) is 25.6 Å². The molecule has 18 heavy (non-hydrogen) atoms. The molecule has 5 heteroatoms. The van der Waals surface area contributed by atoms with E-state index >= 15 is 0 Å². The maximum absolute atomic E-state index is 6.00. The van der Waals surface area contributed by atoms with Gasteiger partial charge in [-0.2, -0.15) is 0 Å². The molecule has 0 radical (unpaired) electrons. The maximum Gasteiger partial charge on any atom is 0.123 e. The summed E-state index contributed by atoms with van der Waals surface area (Å²) < 4.78 is 0.886. The summed E-state index contributed by atoms with van der Waals surface area (Å²) in [6, 6.07) is 5.85. The van der Waals surface area contributed by atoms with E-state index in [0.29, 0.717) is 17.5 Å². The van der Waals surface area contributed by atoms with E-state index in [9.17, 15) is 0 Å². The molecule has 0 amide bonds. The van der Waals surface area contributed by atoms with Crippen LogP contribution in [0.25, 0.3) is 10.6 Å². The molecular weight excluding hydrogens is 332 g/mol. The lowest BCUT2D eigenvalue weighted by molar-refractivity contribution is 0.814. The molecule has 1 aromatic carbocycles. The number of hydrogen-bond acceptors (Lipinski definition) is 3. The van der Waals surface area contributed by atoms with E-state index in [4.69, 9.17) is 22.3 Å². The SMILES string of the molecule is CC(C)c1nc(-c2ccc(Cl)c(Br)c2)sc1CN. The first-order valence-corrected chi connectivity index (χ1v) is 7.66. The van der Waals surface area contributed by atoms with Crippen molar-refractivity contribution in [1.29, 1.82) is 0 Å². The normalized spacial score (nSPS) is 11.2.